The molecule has 0 fully saturated rings. The van der Waals surface area contributed by atoms with Gasteiger partial charge in [-0.2, -0.15) is 0 Å². The topological polar surface area (TPSA) is 112 Å². The van der Waals surface area contributed by atoms with E-state index in [0.29, 0.717) is 46.9 Å². The van der Waals surface area contributed by atoms with E-state index < -0.39 is 15.9 Å². The molecule has 9 nitrogen and oxygen atoms in total. The van der Waals surface area contributed by atoms with Gasteiger partial charge in [0.25, 0.3) is 5.91 Å². The van der Waals surface area contributed by atoms with Crippen molar-refractivity contribution in [2.45, 2.75) is 27.7 Å². The van der Waals surface area contributed by atoms with Gasteiger partial charge in [0.15, 0.2) is 0 Å². The maximum atomic E-state index is 12.1. The molecule has 226 valence electrons. The zero-order valence-corrected chi connectivity index (χ0v) is 28.0. The molecule has 0 radical (unpaired) electrons. The van der Waals surface area contributed by atoms with E-state index in [9.17, 15) is 13.2 Å². The van der Waals surface area contributed by atoms with Crippen LogP contribution in [0.5, 0.6) is 11.8 Å². The summed E-state index contributed by atoms with van der Waals surface area (Å²) in [5.74, 6) is 1.05. The molecule has 0 aliphatic heterocycles. The van der Waals surface area contributed by atoms with Gasteiger partial charge in [-0.25, -0.2) is 23.1 Å². The summed E-state index contributed by atoms with van der Waals surface area (Å²) >= 11 is 15.5. The van der Waals surface area contributed by atoms with E-state index in [1.54, 1.807) is 42.7 Å². The van der Waals surface area contributed by atoms with E-state index in [-0.39, 0.29) is 5.56 Å². The Morgan fingerprint density at radius 3 is 2.07 bits per heavy atom. The lowest BCUT2D eigenvalue weighted by Crippen LogP contribution is -2.29. The number of hydrogen-bond donors (Lipinski definition) is 1. The number of carbonyl (C=O) groups excluding carboxylic acids is 1. The molecular weight excluding hydrogens is 667 g/mol. The second-order valence-corrected chi connectivity index (χ2v) is 13.9. The Bertz CT molecular complexity index is 1680. The molecule has 0 unspecified atom stereocenters. The highest BCUT2D eigenvalue weighted by Crippen LogP contribution is 2.34. The summed E-state index contributed by atoms with van der Waals surface area (Å²) in [6, 6.07) is 8.57. The van der Waals surface area contributed by atoms with Crippen molar-refractivity contribution >= 4 is 66.0 Å². The summed E-state index contributed by atoms with van der Waals surface area (Å²) < 4.78 is 38.3. The van der Waals surface area contributed by atoms with Crippen LogP contribution in [0.2, 0.25) is 10.0 Å². The van der Waals surface area contributed by atoms with Crippen LogP contribution in [-0.4, -0.2) is 48.3 Å². The van der Waals surface area contributed by atoms with Crippen LogP contribution in [0, 0.1) is 11.8 Å². The number of ether oxygens (including phenoxy) is 2. The summed E-state index contributed by atoms with van der Waals surface area (Å²) in [7, 11) is -1.79. The summed E-state index contributed by atoms with van der Waals surface area (Å²) in [5.41, 5.74) is 2.73. The molecule has 0 atom stereocenters. The summed E-state index contributed by atoms with van der Waals surface area (Å²) in [5, 5.41) is 1.84. The van der Waals surface area contributed by atoms with E-state index in [0.717, 1.165) is 32.8 Å². The van der Waals surface area contributed by atoms with Gasteiger partial charge in [-0.1, -0.05) is 57.0 Å². The van der Waals surface area contributed by atoms with Gasteiger partial charge < -0.3 is 14.0 Å². The van der Waals surface area contributed by atoms with Crippen molar-refractivity contribution in [1.29, 1.82) is 0 Å². The predicted octanol–water partition coefficient (Wildman–Crippen LogP) is 7.15. The Morgan fingerprint density at radius 2 is 1.55 bits per heavy atom. The molecule has 0 aliphatic rings. The Balaban J connectivity index is 0.000000312. The monoisotopic (exact) mass is 698 g/mol. The number of aromatic nitrogens is 3. The number of nitrogens with one attached hydrogen (secondary N) is 1. The molecule has 42 heavy (non-hydrogen) atoms. The number of halogens is 3. The van der Waals surface area contributed by atoms with Gasteiger partial charge in [-0.3, -0.25) is 4.79 Å². The van der Waals surface area contributed by atoms with Crippen molar-refractivity contribution in [3.63, 3.8) is 0 Å². The number of aryl methyl sites for hydroxylation is 1. The number of hydrogen-bond acceptors (Lipinski definition) is 7. The average molecular weight is 700 g/mol. The van der Waals surface area contributed by atoms with Crippen molar-refractivity contribution in [1.82, 2.24) is 19.3 Å². The highest BCUT2D eigenvalue weighted by molar-refractivity contribution is 9.10. The second-order valence-electron chi connectivity index (χ2n) is 10.5. The summed E-state index contributed by atoms with van der Waals surface area (Å²) in [6.45, 7) is 9.40. The second kappa shape index (κ2) is 14.5. The average Bonchev–Trinajstić information content (AvgIpc) is 3.22. The van der Waals surface area contributed by atoms with Crippen molar-refractivity contribution in [3.05, 3.63) is 69.0 Å². The fourth-order valence-corrected chi connectivity index (χ4v) is 5.02. The van der Waals surface area contributed by atoms with E-state index in [2.05, 4.69) is 39.7 Å². The molecule has 3 heterocycles. The summed E-state index contributed by atoms with van der Waals surface area (Å²) in [6.07, 6.45) is 6.21. The maximum absolute atomic E-state index is 12.1. The number of nitrogens with zero attached hydrogens (tertiary/aromatic N) is 3. The molecule has 0 bridgehead atoms. The molecule has 13 heteroatoms. The van der Waals surface area contributed by atoms with Crippen molar-refractivity contribution in [2.24, 2.45) is 18.9 Å². The first-order valence-corrected chi connectivity index (χ1v) is 16.4. The number of rotatable bonds is 9. The van der Waals surface area contributed by atoms with Gasteiger partial charge in [-0.15, -0.1) is 0 Å². The van der Waals surface area contributed by atoms with Crippen LogP contribution < -0.4 is 14.2 Å². The van der Waals surface area contributed by atoms with Crippen molar-refractivity contribution in [2.75, 3.05) is 19.5 Å². The minimum absolute atomic E-state index is 0.254. The van der Waals surface area contributed by atoms with E-state index in [1.807, 2.05) is 36.4 Å². The van der Waals surface area contributed by atoms with Crippen LogP contribution in [0.15, 0.2) is 53.4 Å². The standard InChI is InChI=1S/C20H22ClN3O4S.C9H11BrClNO/c1-12(2)11-28-20-17(21)7-14(9-22-20)16-10-24(3)18-8-13(5-6-15(16)18)19(25)23-29(4,26)27;1-6(2)5-13-9-8(11)3-7(10)4-12-9/h5-10,12H,11H2,1-4H3,(H,23,25);3-4,6H,5H2,1-2H3. The summed E-state index contributed by atoms with van der Waals surface area (Å²) in [4.78, 5) is 20.5. The highest BCUT2D eigenvalue weighted by atomic mass is 79.9. The van der Waals surface area contributed by atoms with Crippen LogP contribution in [0.3, 0.4) is 0 Å². The number of sulfonamides is 1. The normalized spacial score (nSPS) is 11.4. The zero-order valence-electron chi connectivity index (χ0n) is 24.1. The van der Waals surface area contributed by atoms with Gasteiger partial charge in [0, 0.05) is 57.7 Å². The van der Waals surface area contributed by atoms with Crippen molar-refractivity contribution in [3.8, 4) is 22.9 Å². The number of carbonyl (C=O) groups is 1. The third kappa shape index (κ3) is 9.58. The molecule has 0 saturated carbocycles. The van der Waals surface area contributed by atoms with Gasteiger partial charge in [-0.05, 0) is 52.0 Å². The molecule has 0 aliphatic carbocycles. The first kappa shape index (κ1) is 33.6. The molecule has 1 N–H and O–H groups in total. The Hall–Kier alpha value is -2.86. The molecule has 0 saturated heterocycles. The Kier molecular flexibility index (Phi) is 11.7. The minimum Gasteiger partial charge on any atom is -0.476 e. The lowest BCUT2D eigenvalue weighted by atomic mass is 10.0. The molecule has 4 aromatic rings. The quantitative estimate of drug-likeness (QED) is 0.197. The van der Waals surface area contributed by atoms with Gasteiger partial charge in [0.05, 0.1) is 19.5 Å². The van der Waals surface area contributed by atoms with Crippen LogP contribution in [0.4, 0.5) is 0 Å². The van der Waals surface area contributed by atoms with Crippen molar-refractivity contribution < 1.29 is 22.7 Å². The first-order valence-electron chi connectivity index (χ1n) is 13.0. The first-order chi connectivity index (χ1) is 19.6. The Labute approximate surface area is 264 Å². The number of benzene rings is 1. The number of fused-ring (bicyclic) bond motifs is 1. The smallest absolute Gasteiger partial charge is 0.264 e. The van der Waals surface area contributed by atoms with E-state index >= 15 is 0 Å². The van der Waals surface area contributed by atoms with Crippen LogP contribution in [0.25, 0.3) is 22.0 Å². The fraction of sp³-hybridized carbons (Fsp3) is 0.345. The number of amides is 1. The third-order valence-corrected chi connectivity index (χ3v) is 7.06. The number of pyridine rings is 2. The van der Waals surface area contributed by atoms with Gasteiger partial charge in [0.2, 0.25) is 21.8 Å². The lowest BCUT2D eigenvalue weighted by molar-refractivity contribution is 0.0981. The van der Waals surface area contributed by atoms with E-state index in [1.165, 1.54) is 0 Å². The minimum atomic E-state index is -3.63. The molecular formula is C29H33BrCl2N4O5S. The molecule has 3 aromatic heterocycles. The van der Waals surface area contributed by atoms with E-state index in [4.69, 9.17) is 32.7 Å². The van der Waals surface area contributed by atoms with Gasteiger partial charge in [0.1, 0.15) is 10.0 Å². The van der Waals surface area contributed by atoms with Crippen LogP contribution in [-0.2, 0) is 17.1 Å². The molecule has 4 rings (SSSR count). The highest BCUT2D eigenvalue weighted by Gasteiger charge is 2.16. The Morgan fingerprint density at radius 1 is 0.976 bits per heavy atom. The molecule has 1 aromatic carbocycles. The SMILES string of the molecule is CC(C)COc1ncc(-c2cn(C)c3cc(C(=O)NS(C)(=O)=O)ccc23)cc1Cl.CC(C)COc1ncc(Br)cc1Cl. The molecule has 0 spiro atoms. The van der Waals surface area contributed by atoms with Gasteiger partial charge >= 0.3 is 0 Å². The largest absolute Gasteiger partial charge is 0.476 e. The van der Waals surface area contributed by atoms with Crippen LogP contribution >= 0.6 is 39.1 Å². The molecule has 1 amide bonds. The third-order valence-electron chi connectivity index (χ3n) is 5.53. The maximum Gasteiger partial charge on any atom is 0.264 e. The fourth-order valence-electron chi connectivity index (χ4n) is 3.66. The van der Waals surface area contributed by atoms with Crippen LogP contribution in [0.1, 0.15) is 38.1 Å². The predicted molar refractivity (Wildman–Crippen MR) is 171 cm³/mol. The lowest BCUT2D eigenvalue weighted by Gasteiger charge is -2.10. The zero-order chi connectivity index (χ0) is 31.2.